The van der Waals surface area contributed by atoms with Crippen LogP contribution in [0.3, 0.4) is 0 Å². The number of benzene rings is 1. The van der Waals surface area contributed by atoms with Crippen molar-refractivity contribution in [2.45, 2.75) is 36.9 Å². The van der Waals surface area contributed by atoms with Gasteiger partial charge in [0, 0.05) is 4.90 Å². The van der Waals surface area contributed by atoms with E-state index in [1.165, 1.54) is 0 Å². The van der Waals surface area contributed by atoms with Crippen LogP contribution in [-0.2, 0) is 15.5 Å². The molecule has 1 fully saturated rings. The smallest absolute Gasteiger partial charge is 0.0960 e. The van der Waals surface area contributed by atoms with Crippen LogP contribution in [0.2, 0.25) is 0 Å². The van der Waals surface area contributed by atoms with E-state index < -0.39 is 10.8 Å². The molecule has 3 heteroatoms. The molecule has 0 saturated carbocycles. The number of hydrogen-bond acceptors (Lipinski definition) is 2. The van der Waals surface area contributed by atoms with Crippen molar-refractivity contribution >= 4 is 10.8 Å². The van der Waals surface area contributed by atoms with Crippen molar-refractivity contribution < 1.29 is 8.95 Å². The maximum atomic E-state index is 11.9. The molecule has 1 heterocycles. The second-order valence-electron chi connectivity index (χ2n) is 3.83. The highest BCUT2D eigenvalue weighted by atomic mass is 32.2. The van der Waals surface area contributed by atoms with E-state index in [-0.39, 0.29) is 6.10 Å². The molecule has 1 aromatic rings. The Kier molecular flexibility index (Phi) is 3.54. The standard InChI is InChI=1S/C12H16O2S/c1-2-6-11-12(14-11)9-15(13)10-7-4-3-5-8-10/h3-5,7-8,11-12H,2,6,9H2,1H3/t11-,12-,15+/m0/s1. The van der Waals surface area contributed by atoms with Crippen LogP contribution in [0.1, 0.15) is 19.8 Å². The first-order valence-corrected chi connectivity index (χ1v) is 6.72. The molecule has 1 aliphatic heterocycles. The summed E-state index contributed by atoms with van der Waals surface area (Å²) in [5, 5.41) is 0. The van der Waals surface area contributed by atoms with Gasteiger partial charge in [-0.25, -0.2) is 0 Å². The van der Waals surface area contributed by atoms with E-state index in [1.54, 1.807) is 0 Å². The second-order valence-corrected chi connectivity index (χ2v) is 5.32. The fourth-order valence-corrected chi connectivity index (χ4v) is 2.93. The topological polar surface area (TPSA) is 29.6 Å². The van der Waals surface area contributed by atoms with Crippen molar-refractivity contribution in [2.24, 2.45) is 0 Å². The Morgan fingerprint density at radius 3 is 2.67 bits per heavy atom. The average molecular weight is 224 g/mol. The van der Waals surface area contributed by atoms with Gasteiger partial charge in [0.05, 0.1) is 28.8 Å². The second kappa shape index (κ2) is 4.90. The zero-order valence-electron chi connectivity index (χ0n) is 8.89. The van der Waals surface area contributed by atoms with Gasteiger partial charge in [0.25, 0.3) is 0 Å². The Morgan fingerprint density at radius 1 is 1.27 bits per heavy atom. The number of hydrogen-bond donors (Lipinski definition) is 0. The SMILES string of the molecule is CCC[C@@H]1O[C@H]1C[S@@](=O)c1ccccc1. The molecule has 0 unspecified atom stereocenters. The summed E-state index contributed by atoms with van der Waals surface area (Å²) < 4.78 is 17.3. The maximum absolute atomic E-state index is 11.9. The van der Waals surface area contributed by atoms with Gasteiger partial charge in [-0.3, -0.25) is 4.21 Å². The van der Waals surface area contributed by atoms with E-state index in [4.69, 9.17) is 4.74 Å². The average Bonchev–Trinajstić information content (AvgIpc) is 2.98. The van der Waals surface area contributed by atoms with E-state index in [2.05, 4.69) is 6.92 Å². The van der Waals surface area contributed by atoms with Gasteiger partial charge < -0.3 is 4.74 Å². The maximum Gasteiger partial charge on any atom is 0.0960 e. The fraction of sp³-hybridized carbons (Fsp3) is 0.500. The third-order valence-corrected chi connectivity index (χ3v) is 4.01. The van der Waals surface area contributed by atoms with Crippen molar-refractivity contribution in [3.63, 3.8) is 0 Å². The fourth-order valence-electron chi connectivity index (χ4n) is 1.68. The van der Waals surface area contributed by atoms with Gasteiger partial charge in [-0.1, -0.05) is 31.5 Å². The predicted molar refractivity (Wildman–Crippen MR) is 61.3 cm³/mol. The molecule has 0 N–H and O–H groups in total. The lowest BCUT2D eigenvalue weighted by molar-refractivity contribution is 0.370. The molecule has 0 aliphatic carbocycles. The van der Waals surface area contributed by atoms with Crippen LogP contribution in [0.5, 0.6) is 0 Å². The van der Waals surface area contributed by atoms with E-state index in [0.29, 0.717) is 11.9 Å². The Balaban J connectivity index is 1.84. The summed E-state index contributed by atoms with van der Waals surface area (Å²) in [6, 6.07) is 9.60. The molecule has 15 heavy (non-hydrogen) atoms. The quantitative estimate of drug-likeness (QED) is 0.719. The van der Waals surface area contributed by atoms with E-state index in [1.807, 2.05) is 30.3 Å². The van der Waals surface area contributed by atoms with Gasteiger partial charge in [-0.2, -0.15) is 0 Å². The minimum Gasteiger partial charge on any atom is -0.369 e. The van der Waals surface area contributed by atoms with Crippen molar-refractivity contribution in [1.82, 2.24) is 0 Å². The van der Waals surface area contributed by atoms with Gasteiger partial charge >= 0.3 is 0 Å². The van der Waals surface area contributed by atoms with Gasteiger partial charge in [0.15, 0.2) is 0 Å². The monoisotopic (exact) mass is 224 g/mol. The Labute approximate surface area is 93.1 Å². The van der Waals surface area contributed by atoms with E-state index in [9.17, 15) is 4.21 Å². The first kappa shape index (κ1) is 10.8. The Hall–Kier alpha value is -0.670. The molecule has 1 aliphatic rings. The molecule has 0 bridgehead atoms. The van der Waals surface area contributed by atoms with Gasteiger partial charge in [0.1, 0.15) is 0 Å². The lowest BCUT2D eigenvalue weighted by atomic mass is 10.2. The number of ether oxygens (including phenoxy) is 1. The van der Waals surface area contributed by atoms with Crippen molar-refractivity contribution in [3.05, 3.63) is 30.3 Å². The summed E-state index contributed by atoms with van der Waals surface area (Å²) in [4.78, 5) is 0.906. The molecule has 2 nitrogen and oxygen atoms in total. The Morgan fingerprint density at radius 2 is 2.00 bits per heavy atom. The van der Waals surface area contributed by atoms with Crippen molar-refractivity contribution in [3.8, 4) is 0 Å². The van der Waals surface area contributed by atoms with Crippen LogP contribution in [0.15, 0.2) is 35.2 Å². The zero-order valence-corrected chi connectivity index (χ0v) is 9.70. The summed E-state index contributed by atoms with van der Waals surface area (Å²) >= 11 is 0. The molecular weight excluding hydrogens is 208 g/mol. The minimum atomic E-state index is -0.900. The summed E-state index contributed by atoms with van der Waals surface area (Å²) in [7, 11) is -0.900. The highest BCUT2D eigenvalue weighted by Gasteiger charge is 2.38. The van der Waals surface area contributed by atoms with Crippen LogP contribution >= 0.6 is 0 Å². The summed E-state index contributed by atoms with van der Waals surface area (Å²) in [5.74, 6) is 0.648. The minimum absolute atomic E-state index is 0.228. The zero-order chi connectivity index (χ0) is 10.7. The van der Waals surface area contributed by atoms with Gasteiger partial charge in [0.2, 0.25) is 0 Å². The molecule has 0 spiro atoms. The van der Waals surface area contributed by atoms with E-state index >= 15 is 0 Å². The molecule has 1 aromatic carbocycles. The normalized spacial score (nSPS) is 26.2. The predicted octanol–water partition coefficient (Wildman–Crippen LogP) is 2.36. The highest BCUT2D eigenvalue weighted by Crippen LogP contribution is 2.28. The summed E-state index contributed by atoms with van der Waals surface area (Å²) in [6.07, 6.45) is 2.82. The molecule has 0 radical (unpaired) electrons. The van der Waals surface area contributed by atoms with Crippen molar-refractivity contribution in [2.75, 3.05) is 5.75 Å². The van der Waals surface area contributed by atoms with Crippen LogP contribution < -0.4 is 0 Å². The van der Waals surface area contributed by atoms with Crippen LogP contribution in [0.25, 0.3) is 0 Å². The summed E-state index contributed by atoms with van der Waals surface area (Å²) in [5.41, 5.74) is 0. The third-order valence-electron chi connectivity index (χ3n) is 2.58. The molecule has 0 amide bonds. The van der Waals surface area contributed by atoms with Gasteiger partial charge in [-0.05, 0) is 18.6 Å². The van der Waals surface area contributed by atoms with Crippen LogP contribution in [-0.4, -0.2) is 22.2 Å². The molecule has 3 atom stereocenters. The molecule has 82 valence electrons. The molecule has 1 saturated heterocycles. The van der Waals surface area contributed by atoms with Crippen LogP contribution in [0, 0.1) is 0 Å². The summed E-state index contributed by atoms with van der Waals surface area (Å²) in [6.45, 7) is 2.15. The first-order chi connectivity index (χ1) is 7.31. The van der Waals surface area contributed by atoms with Gasteiger partial charge in [-0.15, -0.1) is 0 Å². The molecular formula is C12H16O2S. The molecule has 0 aromatic heterocycles. The third kappa shape index (κ3) is 2.89. The Bertz CT molecular complexity index is 337. The first-order valence-electron chi connectivity index (χ1n) is 5.40. The highest BCUT2D eigenvalue weighted by molar-refractivity contribution is 7.85. The lowest BCUT2D eigenvalue weighted by Crippen LogP contribution is -2.07. The largest absolute Gasteiger partial charge is 0.369 e. The number of rotatable bonds is 5. The van der Waals surface area contributed by atoms with Crippen LogP contribution in [0.4, 0.5) is 0 Å². The van der Waals surface area contributed by atoms with Crippen molar-refractivity contribution in [1.29, 1.82) is 0 Å². The molecule has 2 rings (SSSR count). The van der Waals surface area contributed by atoms with E-state index in [0.717, 1.165) is 17.7 Å². The number of epoxide rings is 1. The lowest BCUT2D eigenvalue weighted by Gasteiger charge is -1.98.